The Labute approximate surface area is 368 Å². The number of hydrogen-bond acceptors (Lipinski definition) is 20. The Bertz CT molecular complexity index is 2650. The number of imidazole rings is 1. The molecule has 0 radical (unpaired) electrons. The standard InChI is InChI=1S/C38H49FN13O12P/c1-37(2,16-38(3,4)23(13-54)47-32(58)18-5-7-19(8-6-18)42-10-20-11-43-30-26(46-20)33(59)51-36(41)49-30)9-24(55)45-21(12-53)14-62-65(60,61)63-15-22-27(56)28(57)34(64-22)52-17-44-25-29(40)48-35(39)50-31(25)52/h5-8,11,13,17,21-23,27-28,34,42,53,56-57H,9-10,12,14-16H2,1-4H3,(H,45,55)(H,47,58)(H,60,61)(H2,40,48,50)(H3,41,43,49,51,59). The van der Waals surface area contributed by atoms with Gasteiger partial charge in [-0.25, -0.2) is 19.5 Å². The van der Waals surface area contributed by atoms with Gasteiger partial charge in [0.1, 0.15) is 24.6 Å². The lowest BCUT2D eigenvalue weighted by molar-refractivity contribution is -0.125. The lowest BCUT2D eigenvalue weighted by Crippen LogP contribution is -2.48. The summed E-state index contributed by atoms with van der Waals surface area (Å²) in [7, 11) is -4.91. The highest BCUT2D eigenvalue weighted by atomic mass is 31.2. The fourth-order valence-electron chi connectivity index (χ4n) is 7.47. The molecule has 7 atom stereocenters. The molecule has 0 aliphatic carbocycles. The summed E-state index contributed by atoms with van der Waals surface area (Å²) < 4.78 is 43.3. The van der Waals surface area contributed by atoms with E-state index in [1.165, 1.54) is 6.20 Å². The minimum atomic E-state index is -4.91. The van der Waals surface area contributed by atoms with E-state index in [0.29, 0.717) is 17.7 Å². The van der Waals surface area contributed by atoms with E-state index < -0.39 is 98.5 Å². The van der Waals surface area contributed by atoms with Gasteiger partial charge in [0.05, 0.1) is 56.7 Å². The lowest BCUT2D eigenvalue weighted by Gasteiger charge is -2.38. The molecule has 1 aliphatic heterocycles. The maximum Gasteiger partial charge on any atom is 0.472 e. The average Bonchev–Trinajstić information content (AvgIpc) is 3.78. The van der Waals surface area contributed by atoms with Gasteiger partial charge in [0.15, 0.2) is 34.4 Å². The molecule has 1 fully saturated rings. The van der Waals surface area contributed by atoms with Crippen molar-refractivity contribution in [2.45, 2.75) is 83.7 Å². The molecule has 0 saturated carbocycles. The Morgan fingerprint density at radius 2 is 1.77 bits per heavy atom. The van der Waals surface area contributed by atoms with Crippen LogP contribution in [0.4, 0.5) is 21.8 Å². The lowest BCUT2D eigenvalue weighted by atomic mass is 9.70. The smallest absolute Gasteiger partial charge is 0.394 e. The third kappa shape index (κ3) is 11.8. The number of aromatic nitrogens is 8. The van der Waals surface area contributed by atoms with E-state index in [1.807, 2.05) is 0 Å². The number of H-pyrrole nitrogens is 1. The molecule has 0 spiro atoms. The largest absolute Gasteiger partial charge is 0.472 e. The number of nitrogens with zero attached hydrogens (tertiary/aromatic N) is 7. The maximum absolute atomic E-state index is 13.8. The van der Waals surface area contributed by atoms with Crippen LogP contribution < -0.4 is 33.0 Å². The Morgan fingerprint density at radius 3 is 2.46 bits per heavy atom. The third-order valence-electron chi connectivity index (χ3n) is 10.4. The first-order valence-electron chi connectivity index (χ1n) is 19.9. The van der Waals surface area contributed by atoms with Crippen molar-refractivity contribution in [2.24, 2.45) is 10.8 Å². The number of aliphatic hydroxyl groups excluding tert-OH is 3. The molecule has 7 unspecified atom stereocenters. The molecule has 65 heavy (non-hydrogen) atoms. The van der Waals surface area contributed by atoms with Gasteiger partial charge in [0.2, 0.25) is 11.9 Å². The van der Waals surface area contributed by atoms with Gasteiger partial charge >= 0.3 is 13.9 Å². The van der Waals surface area contributed by atoms with Gasteiger partial charge in [-0.3, -0.25) is 33.0 Å². The minimum Gasteiger partial charge on any atom is -0.394 e. The van der Waals surface area contributed by atoms with Crippen LogP contribution in [0.15, 0.2) is 41.6 Å². The number of anilines is 3. The second-order valence-corrected chi connectivity index (χ2v) is 18.2. The zero-order valence-electron chi connectivity index (χ0n) is 35.4. The number of nitrogens with one attached hydrogen (secondary N) is 4. The first kappa shape index (κ1) is 48.3. The number of hydrogen-bond donors (Lipinski definition) is 10. The van der Waals surface area contributed by atoms with Crippen molar-refractivity contribution < 1.29 is 57.3 Å². The summed E-state index contributed by atoms with van der Waals surface area (Å²) >= 11 is 0. The van der Waals surface area contributed by atoms with E-state index >= 15 is 0 Å². The van der Waals surface area contributed by atoms with Crippen LogP contribution in [0.2, 0.25) is 0 Å². The predicted molar refractivity (Wildman–Crippen MR) is 227 cm³/mol. The van der Waals surface area contributed by atoms with Crippen molar-refractivity contribution in [3.05, 3.63) is 64.5 Å². The van der Waals surface area contributed by atoms with Crippen LogP contribution in [0.25, 0.3) is 22.3 Å². The van der Waals surface area contributed by atoms with Gasteiger partial charge in [-0.15, -0.1) is 0 Å². The van der Waals surface area contributed by atoms with Crippen molar-refractivity contribution in [3.63, 3.8) is 0 Å². The van der Waals surface area contributed by atoms with Crippen molar-refractivity contribution in [1.82, 2.24) is 50.1 Å². The Hall–Kier alpha value is -6.12. The van der Waals surface area contributed by atoms with Crippen LogP contribution >= 0.6 is 7.82 Å². The number of fused-ring (bicyclic) bond motifs is 2. The van der Waals surface area contributed by atoms with Gasteiger partial charge < -0.3 is 57.2 Å². The number of nitrogens with two attached hydrogens (primary N) is 2. The number of ether oxygens (including phenoxy) is 1. The first-order valence-corrected chi connectivity index (χ1v) is 21.4. The average molecular weight is 930 g/mol. The second-order valence-electron chi connectivity index (χ2n) is 16.8. The van der Waals surface area contributed by atoms with Crippen LogP contribution in [-0.2, 0) is 34.5 Å². The van der Waals surface area contributed by atoms with E-state index in [2.05, 4.69) is 50.8 Å². The quantitative estimate of drug-likeness (QED) is 0.0275. The molecule has 25 nitrogen and oxygen atoms in total. The summed E-state index contributed by atoms with van der Waals surface area (Å²) in [6.45, 7) is 5.13. The Kier molecular flexibility index (Phi) is 14.5. The van der Waals surface area contributed by atoms with Crippen LogP contribution in [0.1, 0.15) is 62.8 Å². The molecule has 2 amide bonds. The highest BCUT2D eigenvalue weighted by molar-refractivity contribution is 7.47. The van der Waals surface area contributed by atoms with Gasteiger partial charge in [0, 0.05) is 17.7 Å². The number of phosphoric acid groups is 1. The zero-order chi connectivity index (χ0) is 47.4. The molecule has 0 bridgehead atoms. The normalized spacial score (nSPS) is 19.7. The molecule has 27 heteroatoms. The first-order chi connectivity index (χ1) is 30.6. The number of phosphoric ester groups is 1. The molecule has 12 N–H and O–H groups in total. The zero-order valence-corrected chi connectivity index (χ0v) is 36.3. The molecule has 5 heterocycles. The van der Waals surface area contributed by atoms with Crippen molar-refractivity contribution in [2.75, 3.05) is 36.6 Å². The number of carbonyl (C=O) groups excluding carboxylic acids is 3. The highest BCUT2D eigenvalue weighted by Gasteiger charge is 2.46. The fourth-order valence-corrected chi connectivity index (χ4v) is 8.25. The molecule has 4 aromatic heterocycles. The number of aromatic amines is 1. The van der Waals surface area contributed by atoms with Gasteiger partial charge in [-0.05, 0) is 41.5 Å². The number of nitrogen functional groups attached to an aromatic ring is 2. The van der Waals surface area contributed by atoms with Crippen molar-refractivity contribution in [3.8, 4) is 0 Å². The van der Waals surface area contributed by atoms with E-state index in [1.54, 1.807) is 52.0 Å². The van der Waals surface area contributed by atoms with Crippen molar-refractivity contribution >= 4 is 65.7 Å². The Morgan fingerprint density at radius 1 is 1.05 bits per heavy atom. The van der Waals surface area contributed by atoms with Gasteiger partial charge in [-0.2, -0.15) is 19.3 Å². The van der Waals surface area contributed by atoms with Crippen LogP contribution in [-0.4, -0.2) is 128 Å². The van der Waals surface area contributed by atoms with Crippen LogP contribution in [0.5, 0.6) is 0 Å². The van der Waals surface area contributed by atoms with E-state index in [0.717, 1.165) is 10.9 Å². The number of rotatable bonds is 20. The monoisotopic (exact) mass is 929 g/mol. The van der Waals surface area contributed by atoms with Crippen LogP contribution in [0.3, 0.4) is 0 Å². The number of halogens is 1. The number of aliphatic hydroxyl groups is 3. The summed E-state index contributed by atoms with van der Waals surface area (Å²) in [6, 6.07) is 4.29. The summed E-state index contributed by atoms with van der Waals surface area (Å²) in [4.78, 5) is 87.0. The second kappa shape index (κ2) is 19.5. The molecule has 1 saturated heterocycles. The topological polar surface area (TPSA) is 380 Å². The maximum atomic E-state index is 13.8. The van der Waals surface area contributed by atoms with Crippen molar-refractivity contribution in [1.29, 1.82) is 0 Å². The molecular formula is C38H49FN13O12P. The number of amides is 2. The van der Waals surface area contributed by atoms with Gasteiger partial charge in [0.25, 0.3) is 11.5 Å². The minimum absolute atomic E-state index is 0.00398. The summed E-state index contributed by atoms with van der Waals surface area (Å²) in [5, 5.41) is 39.6. The third-order valence-corrected chi connectivity index (χ3v) is 11.4. The van der Waals surface area contributed by atoms with E-state index in [4.69, 9.17) is 25.3 Å². The van der Waals surface area contributed by atoms with Gasteiger partial charge in [-0.1, -0.05) is 27.7 Å². The molecule has 1 aromatic carbocycles. The number of benzene rings is 1. The summed E-state index contributed by atoms with van der Waals surface area (Å²) in [5.74, 6) is -1.43. The molecule has 350 valence electrons. The number of carbonyl (C=O) groups is 3. The fraction of sp³-hybridized carbons (Fsp3) is 0.474. The highest BCUT2D eigenvalue weighted by Crippen LogP contribution is 2.45. The molecule has 1 aliphatic rings. The van der Waals surface area contributed by atoms with E-state index in [9.17, 15) is 48.3 Å². The summed E-state index contributed by atoms with van der Waals surface area (Å²) in [6.07, 6.45) is -3.89. The predicted octanol–water partition coefficient (Wildman–Crippen LogP) is -0.172. The van der Waals surface area contributed by atoms with Crippen LogP contribution in [0, 0.1) is 16.9 Å². The molecule has 6 rings (SSSR count). The molecule has 5 aromatic rings. The molecular weight excluding hydrogens is 880 g/mol. The Balaban J connectivity index is 0.951. The summed E-state index contributed by atoms with van der Waals surface area (Å²) in [5.41, 5.74) is 10.4. The van der Waals surface area contributed by atoms with E-state index in [-0.39, 0.29) is 59.0 Å². The number of aldehydes is 1. The SMILES string of the molecule is CC(C)(CC(=O)NC(CO)COP(=O)(O)OCC1OC(n2cnc3c(N)nc(F)nc32)C(O)C1O)CC(C)(C)C(C=O)NC(=O)c1ccc(NCc2cnc3nc(N)[nH]c(=O)c3n2)cc1.